The standard InChI is InChI=1S/C18H24N2O2/c21-17(12-14-6-1-2-7-14)20-13-15-8-5-11-19-18(15)22-16-9-3-4-10-16/h1,5-6,8,11,14,16H,2-4,7,9-10,12-13H2,(H,20,21)/t14-/m0/s1. The van der Waals surface area contributed by atoms with Crippen molar-refractivity contribution in [1.29, 1.82) is 0 Å². The van der Waals surface area contributed by atoms with Gasteiger partial charge in [0.2, 0.25) is 11.8 Å². The van der Waals surface area contributed by atoms with E-state index in [2.05, 4.69) is 22.5 Å². The van der Waals surface area contributed by atoms with E-state index in [1.807, 2.05) is 12.1 Å². The molecule has 2 aliphatic carbocycles. The monoisotopic (exact) mass is 300 g/mol. The van der Waals surface area contributed by atoms with Gasteiger partial charge in [-0.2, -0.15) is 0 Å². The first-order valence-electron chi connectivity index (χ1n) is 8.35. The Labute approximate surface area is 132 Å². The van der Waals surface area contributed by atoms with Gasteiger partial charge in [0.15, 0.2) is 0 Å². The summed E-state index contributed by atoms with van der Waals surface area (Å²) in [6.45, 7) is 0.491. The van der Waals surface area contributed by atoms with E-state index in [0.29, 0.717) is 24.8 Å². The lowest BCUT2D eigenvalue weighted by molar-refractivity contribution is -0.121. The van der Waals surface area contributed by atoms with Gasteiger partial charge in [0.1, 0.15) is 6.10 Å². The van der Waals surface area contributed by atoms with Gasteiger partial charge in [-0.05, 0) is 50.5 Å². The minimum Gasteiger partial charge on any atom is -0.474 e. The minimum absolute atomic E-state index is 0.104. The summed E-state index contributed by atoms with van der Waals surface area (Å²) in [5, 5.41) is 3.00. The van der Waals surface area contributed by atoms with Crippen LogP contribution in [0.25, 0.3) is 0 Å². The lowest BCUT2D eigenvalue weighted by Gasteiger charge is -2.15. The highest BCUT2D eigenvalue weighted by molar-refractivity contribution is 5.76. The molecule has 4 heteroatoms. The van der Waals surface area contributed by atoms with Crippen LogP contribution < -0.4 is 10.1 Å². The maximum absolute atomic E-state index is 12.0. The van der Waals surface area contributed by atoms with Gasteiger partial charge >= 0.3 is 0 Å². The molecule has 0 spiro atoms. The molecule has 1 amide bonds. The van der Waals surface area contributed by atoms with Crippen molar-refractivity contribution in [3.63, 3.8) is 0 Å². The lowest BCUT2D eigenvalue weighted by atomic mass is 10.1. The second-order valence-electron chi connectivity index (χ2n) is 6.24. The molecule has 22 heavy (non-hydrogen) atoms. The van der Waals surface area contributed by atoms with Crippen molar-refractivity contribution < 1.29 is 9.53 Å². The van der Waals surface area contributed by atoms with Crippen molar-refractivity contribution in [3.8, 4) is 5.88 Å². The maximum atomic E-state index is 12.0. The van der Waals surface area contributed by atoms with Gasteiger partial charge in [0.25, 0.3) is 0 Å². The van der Waals surface area contributed by atoms with Crippen LogP contribution in [0.1, 0.15) is 50.5 Å². The number of ether oxygens (including phenoxy) is 1. The molecule has 3 rings (SSSR count). The zero-order valence-corrected chi connectivity index (χ0v) is 13.0. The highest BCUT2D eigenvalue weighted by Gasteiger charge is 2.19. The van der Waals surface area contributed by atoms with Crippen LogP contribution in [0.15, 0.2) is 30.5 Å². The van der Waals surface area contributed by atoms with Gasteiger partial charge in [0, 0.05) is 24.7 Å². The molecule has 0 bridgehead atoms. The van der Waals surface area contributed by atoms with Crippen molar-refractivity contribution >= 4 is 5.91 Å². The molecule has 1 aromatic rings. The first kappa shape index (κ1) is 15.1. The largest absolute Gasteiger partial charge is 0.474 e. The summed E-state index contributed by atoms with van der Waals surface area (Å²) >= 11 is 0. The maximum Gasteiger partial charge on any atom is 0.220 e. The summed E-state index contributed by atoms with van der Waals surface area (Å²) < 4.78 is 6.00. The topological polar surface area (TPSA) is 51.2 Å². The molecule has 1 saturated carbocycles. The Morgan fingerprint density at radius 2 is 2.18 bits per heavy atom. The van der Waals surface area contributed by atoms with Crippen molar-refractivity contribution in [1.82, 2.24) is 10.3 Å². The Morgan fingerprint density at radius 3 is 2.95 bits per heavy atom. The second-order valence-corrected chi connectivity index (χ2v) is 6.24. The summed E-state index contributed by atoms with van der Waals surface area (Å²) in [6, 6.07) is 3.87. The van der Waals surface area contributed by atoms with E-state index in [1.165, 1.54) is 12.8 Å². The number of hydrogen-bond donors (Lipinski definition) is 1. The number of allylic oxidation sites excluding steroid dienone is 2. The van der Waals surface area contributed by atoms with Crippen molar-refractivity contribution in [2.24, 2.45) is 5.92 Å². The Kier molecular flexibility index (Phi) is 5.09. The summed E-state index contributed by atoms with van der Waals surface area (Å²) in [5.41, 5.74) is 0.963. The normalized spacial score (nSPS) is 21.2. The SMILES string of the molecule is O=C(C[C@H]1C=CCC1)NCc1cccnc1OC1CCCC1. The molecule has 0 aliphatic heterocycles. The van der Waals surface area contributed by atoms with Crippen LogP contribution in [0.2, 0.25) is 0 Å². The summed E-state index contributed by atoms with van der Waals surface area (Å²) in [7, 11) is 0. The number of aromatic nitrogens is 1. The van der Waals surface area contributed by atoms with E-state index < -0.39 is 0 Å². The fraction of sp³-hybridized carbons (Fsp3) is 0.556. The molecule has 1 aromatic heterocycles. The molecular formula is C18H24N2O2. The number of nitrogens with one attached hydrogen (secondary N) is 1. The number of nitrogens with zero attached hydrogens (tertiary/aromatic N) is 1. The van der Waals surface area contributed by atoms with Gasteiger partial charge < -0.3 is 10.1 Å². The highest BCUT2D eigenvalue weighted by Crippen LogP contribution is 2.25. The lowest BCUT2D eigenvalue weighted by Crippen LogP contribution is -2.25. The molecule has 0 radical (unpaired) electrons. The zero-order valence-electron chi connectivity index (χ0n) is 13.0. The van der Waals surface area contributed by atoms with Crippen LogP contribution in [0.4, 0.5) is 0 Å². The molecule has 118 valence electrons. The molecule has 1 atom stereocenters. The van der Waals surface area contributed by atoms with Crippen LogP contribution in [-0.2, 0) is 11.3 Å². The zero-order chi connectivity index (χ0) is 15.2. The third-order valence-electron chi connectivity index (χ3n) is 4.47. The van der Waals surface area contributed by atoms with Crippen LogP contribution in [0.5, 0.6) is 5.88 Å². The van der Waals surface area contributed by atoms with E-state index in [9.17, 15) is 4.79 Å². The third-order valence-corrected chi connectivity index (χ3v) is 4.47. The van der Waals surface area contributed by atoms with E-state index >= 15 is 0 Å². The predicted octanol–water partition coefficient (Wildman–Crippen LogP) is 3.38. The molecule has 4 nitrogen and oxygen atoms in total. The fourth-order valence-corrected chi connectivity index (χ4v) is 3.20. The molecule has 1 N–H and O–H groups in total. The molecule has 1 heterocycles. The van der Waals surface area contributed by atoms with Gasteiger partial charge in [-0.25, -0.2) is 4.98 Å². The quantitative estimate of drug-likeness (QED) is 0.819. The van der Waals surface area contributed by atoms with E-state index in [4.69, 9.17) is 4.74 Å². The molecule has 1 fully saturated rings. The van der Waals surface area contributed by atoms with Crippen molar-refractivity contribution in [3.05, 3.63) is 36.0 Å². The number of carbonyl (C=O) groups excluding carboxylic acids is 1. The fourth-order valence-electron chi connectivity index (χ4n) is 3.20. The average molecular weight is 300 g/mol. The van der Waals surface area contributed by atoms with Gasteiger partial charge in [-0.3, -0.25) is 4.79 Å². The number of pyridine rings is 1. The molecular weight excluding hydrogens is 276 g/mol. The molecule has 0 aromatic carbocycles. The van der Waals surface area contributed by atoms with Gasteiger partial charge in [-0.15, -0.1) is 0 Å². The number of rotatable bonds is 6. The van der Waals surface area contributed by atoms with Gasteiger partial charge in [0.05, 0.1) is 0 Å². The Bertz CT molecular complexity index is 536. The van der Waals surface area contributed by atoms with E-state index in [-0.39, 0.29) is 12.0 Å². The molecule has 2 aliphatic rings. The molecule has 0 saturated heterocycles. The molecule has 0 unspecified atom stereocenters. The number of amides is 1. The number of carbonyl (C=O) groups is 1. The number of hydrogen-bond acceptors (Lipinski definition) is 3. The van der Waals surface area contributed by atoms with Crippen LogP contribution in [0.3, 0.4) is 0 Å². The summed E-state index contributed by atoms with van der Waals surface area (Å²) in [4.78, 5) is 16.4. The first-order chi connectivity index (χ1) is 10.8. The third kappa shape index (κ3) is 4.09. The highest BCUT2D eigenvalue weighted by atomic mass is 16.5. The van der Waals surface area contributed by atoms with Crippen LogP contribution in [-0.4, -0.2) is 17.0 Å². The Morgan fingerprint density at radius 1 is 1.32 bits per heavy atom. The van der Waals surface area contributed by atoms with E-state index in [0.717, 1.165) is 31.2 Å². The predicted molar refractivity (Wildman–Crippen MR) is 85.4 cm³/mol. The van der Waals surface area contributed by atoms with Crippen LogP contribution in [0, 0.1) is 5.92 Å². The summed E-state index contributed by atoms with van der Waals surface area (Å²) in [5.74, 6) is 1.19. The van der Waals surface area contributed by atoms with Crippen molar-refractivity contribution in [2.75, 3.05) is 0 Å². The Balaban J connectivity index is 1.52. The smallest absolute Gasteiger partial charge is 0.220 e. The van der Waals surface area contributed by atoms with Gasteiger partial charge in [-0.1, -0.05) is 18.2 Å². The minimum atomic E-state index is 0.104. The average Bonchev–Trinajstić information content (AvgIpc) is 3.20. The van der Waals surface area contributed by atoms with Crippen LogP contribution >= 0.6 is 0 Å². The van der Waals surface area contributed by atoms with E-state index in [1.54, 1.807) is 6.20 Å². The first-order valence-corrected chi connectivity index (χ1v) is 8.35. The second kappa shape index (κ2) is 7.43. The van der Waals surface area contributed by atoms with Crippen molar-refractivity contribution in [2.45, 2.75) is 57.6 Å². The summed E-state index contributed by atoms with van der Waals surface area (Å²) in [6.07, 6.45) is 13.8. The Hall–Kier alpha value is -1.84.